The van der Waals surface area contributed by atoms with Gasteiger partial charge in [-0.25, -0.2) is 0 Å². The summed E-state index contributed by atoms with van der Waals surface area (Å²) < 4.78 is 6.67. The van der Waals surface area contributed by atoms with Crippen molar-refractivity contribution in [3.8, 4) is 11.1 Å². The second-order valence-electron chi connectivity index (χ2n) is 12.2. The minimum absolute atomic E-state index is 0. The van der Waals surface area contributed by atoms with Gasteiger partial charge in [0.1, 0.15) is 0 Å². The smallest absolute Gasteiger partial charge is 0.147 e. The first-order valence-electron chi connectivity index (χ1n) is 12.7. The topological polar surface area (TPSA) is 0 Å². The van der Waals surface area contributed by atoms with Gasteiger partial charge in [0.15, 0.2) is 0 Å². The fourth-order valence-corrected chi connectivity index (χ4v) is 27.8. The first-order chi connectivity index (χ1) is 16.0. The first kappa shape index (κ1) is 29.4. The van der Waals surface area contributed by atoms with Crippen LogP contribution in [0.15, 0.2) is 71.8 Å². The summed E-state index contributed by atoms with van der Waals surface area (Å²) in [4.78, 5) is 0. The maximum Gasteiger partial charge on any atom is -0.147 e. The number of aryl methyl sites for hydroxylation is 2. The van der Waals surface area contributed by atoms with Gasteiger partial charge in [-0.1, -0.05) is 0 Å². The summed E-state index contributed by atoms with van der Waals surface area (Å²) in [5, 5.41) is 0. The number of benzene rings is 3. The van der Waals surface area contributed by atoms with Crippen LogP contribution in [-0.4, -0.2) is 6.88 Å². The van der Waals surface area contributed by atoms with Crippen LogP contribution in [0.5, 0.6) is 0 Å². The molecule has 4 heteroatoms. The van der Waals surface area contributed by atoms with Crippen LogP contribution in [0.1, 0.15) is 61.4 Å². The Labute approximate surface area is 233 Å². The van der Waals surface area contributed by atoms with Crippen molar-refractivity contribution in [3.63, 3.8) is 0 Å². The van der Waals surface area contributed by atoms with Crippen LogP contribution in [0.25, 0.3) is 23.3 Å². The van der Waals surface area contributed by atoms with E-state index in [1.807, 2.05) is 0 Å². The summed E-state index contributed by atoms with van der Waals surface area (Å²) >= 11 is -3.49. The van der Waals surface area contributed by atoms with Crippen LogP contribution in [0, 0.1) is 19.8 Å². The van der Waals surface area contributed by atoms with Crippen LogP contribution >= 0.6 is 24.8 Å². The van der Waals surface area contributed by atoms with Crippen molar-refractivity contribution < 1.29 is 17.4 Å². The van der Waals surface area contributed by atoms with Crippen molar-refractivity contribution in [2.75, 3.05) is 0 Å². The zero-order chi connectivity index (χ0) is 24.4. The summed E-state index contributed by atoms with van der Waals surface area (Å²) in [7, 11) is 0. The van der Waals surface area contributed by atoms with E-state index in [-0.39, 0.29) is 24.8 Å². The molecule has 190 valence electrons. The van der Waals surface area contributed by atoms with Gasteiger partial charge in [-0.2, -0.15) is 0 Å². The van der Waals surface area contributed by atoms with Gasteiger partial charge in [-0.3, -0.25) is 0 Å². The first-order valence-corrected chi connectivity index (χ1v) is 26.4. The molecule has 2 atom stereocenters. The minimum Gasteiger partial charge on any atom is -0.147 e. The third-order valence-corrected chi connectivity index (χ3v) is 26.1. The Morgan fingerprint density at radius 3 is 2.03 bits per heavy atom. The van der Waals surface area contributed by atoms with Crippen LogP contribution in [-0.2, 0) is 17.4 Å². The summed E-state index contributed by atoms with van der Waals surface area (Å²) in [6, 6.07) is 22.7. The number of allylic oxidation sites excluding steroid dienone is 2. The van der Waals surface area contributed by atoms with Crippen molar-refractivity contribution in [3.05, 3.63) is 105 Å². The SMILES string of the molecule is CC1=Cc2c(-c3ccccc3)ccc(C)c2[CH]1[Zr]([CH3])([CH3])(=[SiH2])[CH]1C(C(C)C)=Cc2c(C)cccc21.Cl.Cl. The molecule has 0 aliphatic heterocycles. The summed E-state index contributed by atoms with van der Waals surface area (Å²) in [6.07, 6.45) is 5.10. The molecule has 0 saturated heterocycles. The summed E-state index contributed by atoms with van der Waals surface area (Å²) in [6.45, 7) is 14.3. The number of halogens is 2. The summed E-state index contributed by atoms with van der Waals surface area (Å²) in [5.74, 6) is 0.566. The van der Waals surface area contributed by atoms with E-state index in [0.29, 0.717) is 13.2 Å². The number of hydrogen-bond acceptors (Lipinski definition) is 0. The standard InChI is InChI=1S/C17H15.C13H15.2CH3.2ClH.H2Si.Zr/c1-12-10-16-13(2)8-9-15(17(16)11-12)14-6-4-3-5-7-14;1-9(2)12-7-11-6-4-5-10(3)13(11)8-12;;;;;;/h3-11H,1-2H3;4-9H,1-3H3;2*1H3;2*1H;1H2;. The van der Waals surface area contributed by atoms with Crippen LogP contribution < -0.4 is 0 Å². The second-order valence-corrected chi connectivity index (χ2v) is 42.7. The Balaban J connectivity index is 0.00000180. The van der Waals surface area contributed by atoms with Crippen LogP contribution in [0.4, 0.5) is 0 Å². The molecule has 0 aromatic heterocycles. The van der Waals surface area contributed by atoms with Crippen molar-refractivity contribution in [2.45, 2.75) is 51.1 Å². The molecule has 0 saturated carbocycles. The van der Waals surface area contributed by atoms with E-state index in [4.69, 9.17) is 0 Å². The minimum atomic E-state index is -3.49. The zero-order valence-electron chi connectivity index (χ0n) is 22.7. The van der Waals surface area contributed by atoms with Gasteiger partial charge < -0.3 is 0 Å². The molecule has 2 aliphatic carbocycles. The molecule has 0 N–H and O–H groups in total. The quantitative estimate of drug-likeness (QED) is 0.257. The summed E-state index contributed by atoms with van der Waals surface area (Å²) in [5.41, 5.74) is 15.1. The van der Waals surface area contributed by atoms with Crippen molar-refractivity contribution in [2.24, 2.45) is 5.92 Å². The maximum atomic E-state index is 2.75. The molecule has 0 radical (unpaired) electrons. The Morgan fingerprint density at radius 2 is 1.39 bits per heavy atom. The molecular formula is C32H40Cl2SiZr. The zero-order valence-corrected chi connectivity index (χ0v) is 28.2. The monoisotopic (exact) mass is 612 g/mol. The third-order valence-electron chi connectivity index (χ3n) is 8.58. The van der Waals surface area contributed by atoms with Gasteiger partial charge in [0.2, 0.25) is 0 Å². The third kappa shape index (κ3) is 4.51. The van der Waals surface area contributed by atoms with E-state index in [0.717, 1.165) is 0 Å². The van der Waals surface area contributed by atoms with Gasteiger partial charge in [0.05, 0.1) is 0 Å². The van der Waals surface area contributed by atoms with E-state index in [9.17, 15) is 0 Å². The average molecular weight is 615 g/mol. The molecule has 3 aromatic rings. The fourth-order valence-electron chi connectivity index (χ4n) is 7.22. The molecule has 2 unspecified atom stereocenters. The van der Waals surface area contributed by atoms with E-state index < -0.39 is 17.4 Å². The van der Waals surface area contributed by atoms with Crippen molar-refractivity contribution in [1.29, 1.82) is 0 Å². The largest absolute Gasteiger partial charge is 0.147 e. The predicted molar refractivity (Wildman–Crippen MR) is 165 cm³/mol. The molecule has 0 fully saturated rings. The Bertz CT molecular complexity index is 1440. The molecular weight excluding hydrogens is 575 g/mol. The van der Waals surface area contributed by atoms with Gasteiger partial charge in [-0.05, 0) is 0 Å². The van der Waals surface area contributed by atoms with Crippen LogP contribution in [0.2, 0.25) is 9.26 Å². The molecule has 0 heterocycles. The number of rotatable bonds is 4. The van der Waals surface area contributed by atoms with Crippen molar-refractivity contribution in [1.82, 2.24) is 0 Å². The number of fused-ring (bicyclic) bond motifs is 2. The molecule has 0 amide bonds. The Morgan fingerprint density at radius 1 is 0.722 bits per heavy atom. The maximum absolute atomic E-state index is 3.49. The van der Waals surface area contributed by atoms with Crippen LogP contribution in [0.3, 0.4) is 0 Å². The molecule has 0 spiro atoms. The van der Waals surface area contributed by atoms with Gasteiger partial charge in [-0.15, -0.1) is 24.8 Å². The number of hydrogen-bond donors (Lipinski definition) is 0. The molecule has 5 rings (SSSR count). The Kier molecular flexibility index (Phi) is 8.31. The van der Waals surface area contributed by atoms with Gasteiger partial charge in [0, 0.05) is 0 Å². The van der Waals surface area contributed by atoms with E-state index in [1.165, 1.54) is 33.4 Å². The van der Waals surface area contributed by atoms with Crippen molar-refractivity contribution >= 4 is 43.8 Å². The Hall–Kier alpha value is -1.18. The molecule has 0 nitrogen and oxygen atoms in total. The van der Waals surface area contributed by atoms with E-state index >= 15 is 0 Å². The molecule has 0 bridgehead atoms. The van der Waals surface area contributed by atoms with E-state index in [1.54, 1.807) is 22.3 Å². The molecule has 36 heavy (non-hydrogen) atoms. The second kappa shape index (κ2) is 10.2. The normalized spacial score (nSPS) is 18.6. The molecule has 2 aliphatic rings. The van der Waals surface area contributed by atoms with Gasteiger partial charge in [0.25, 0.3) is 0 Å². The van der Waals surface area contributed by atoms with Gasteiger partial charge >= 0.3 is 210 Å². The molecule has 3 aromatic carbocycles. The van der Waals surface area contributed by atoms with E-state index in [2.05, 4.69) is 124 Å². The average Bonchev–Trinajstić information content (AvgIpc) is 3.35. The fraction of sp³-hybridized carbons (Fsp3) is 0.312. The predicted octanol–water partition coefficient (Wildman–Crippen LogP) is 9.40.